The number of rotatable bonds is 3. The van der Waals surface area contributed by atoms with E-state index in [1.54, 1.807) is 18.4 Å². The van der Waals surface area contributed by atoms with Gasteiger partial charge in [-0.1, -0.05) is 30.4 Å². The molecule has 0 aliphatic rings. The van der Waals surface area contributed by atoms with Crippen LogP contribution in [0.1, 0.15) is 5.82 Å². The number of benzene rings is 1. The van der Waals surface area contributed by atoms with Gasteiger partial charge in [0.05, 0.1) is 5.69 Å². The highest BCUT2D eigenvalue weighted by molar-refractivity contribution is 7.71. The first-order valence-corrected chi connectivity index (χ1v) is 7.12. The Morgan fingerprint density at radius 1 is 1.37 bits per heavy atom. The molecule has 2 heterocycles. The summed E-state index contributed by atoms with van der Waals surface area (Å²) < 4.78 is 6.94. The topological polar surface area (TPSA) is 37.9 Å². The molecule has 0 bridgehead atoms. The number of aromatic nitrogens is 2. The van der Waals surface area contributed by atoms with E-state index >= 15 is 0 Å². The van der Waals surface area contributed by atoms with Gasteiger partial charge in [0.15, 0.2) is 0 Å². The van der Waals surface area contributed by atoms with Crippen LogP contribution in [-0.4, -0.2) is 17.1 Å². The van der Waals surface area contributed by atoms with Crippen LogP contribution in [0.4, 0.5) is 0 Å². The largest absolute Gasteiger partial charge is 0.377 e. The quantitative estimate of drug-likeness (QED) is 0.735. The van der Waals surface area contributed by atoms with Gasteiger partial charge >= 0.3 is 0 Å². The van der Waals surface area contributed by atoms with Crippen LogP contribution in [0.5, 0.6) is 0 Å². The van der Waals surface area contributed by atoms with Crippen molar-refractivity contribution in [2.75, 3.05) is 7.11 Å². The summed E-state index contributed by atoms with van der Waals surface area (Å²) in [5.41, 5.74) is 2.14. The third-order valence-corrected chi connectivity index (χ3v) is 4.01. The zero-order valence-corrected chi connectivity index (χ0v) is 12.0. The van der Waals surface area contributed by atoms with Crippen LogP contribution in [0.25, 0.3) is 21.3 Å². The maximum absolute atomic E-state index is 5.22. The van der Waals surface area contributed by atoms with Crippen molar-refractivity contribution >= 4 is 33.6 Å². The van der Waals surface area contributed by atoms with Gasteiger partial charge < -0.3 is 9.72 Å². The molecule has 1 N–H and O–H groups in total. The molecule has 3 rings (SSSR count). The number of thiophene rings is 1. The minimum Gasteiger partial charge on any atom is -0.377 e. The van der Waals surface area contributed by atoms with Crippen LogP contribution < -0.4 is 0 Å². The summed E-state index contributed by atoms with van der Waals surface area (Å²) in [7, 11) is 1.64. The zero-order chi connectivity index (χ0) is 13.2. The van der Waals surface area contributed by atoms with Crippen LogP contribution in [-0.2, 0) is 11.3 Å². The molecule has 3 aromatic rings. The minimum atomic E-state index is 0.428. The van der Waals surface area contributed by atoms with E-state index in [9.17, 15) is 0 Å². The summed E-state index contributed by atoms with van der Waals surface area (Å²) in [5, 5.41) is 3.34. The predicted octanol–water partition coefficient (Wildman–Crippen LogP) is 4.17. The molecule has 0 aliphatic heterocycles. The van der Waals surface area contributed by atoms with Gasteiger partial charge in [0.2, 0.25) is 0 Å². The van der Waals surface area contributed by atoms with Gasteiger partial charge in [0.1, 0.15) is 17.1 Å². The monoisotopic (exact) mass is 288 g/mol. The molecule has 0 saturated carbocycles. The Hall–Kier alpha value is -1.56. The van der Waals surface area contributed by atoms with Gasteiger partial charge in [-0.15, -0.1) is 11.3 Å². The summed E-state index contributed by atoms with van der Waals surface area (Å²) >= 11 is 6.95. The van der Waals surface area contributed by atoms with E-state index in [4.69, 9.17) is 17.0 Å². The van der Waals surface area contributed by atoms with Crippen molar-refractivity contribution in [3.8, 4) is 11.3 Å². The SMILES string of the molecule is COCc1nc(=S)cc(-c2cccc3ccsc23)[nH]1. The number of nitrogens with zero attached hydrogens (tertiary/aromatic N) is 1. The molecule has 2 aromatic heterocycles. The van der Waals surface area contributed by atoms with Gasteiger partial charge in [0, 0.05) is 17.4 Å². The average molecular weight is 288 g/mol. The fourth-order valence-corrected chi connectivity index (χ4v) is 3.22. The molecule has 0 unspecified atom stereocenters. The lowest BCUT2D eigenvalue weighted by atomic mass is 10.1. The van der Waals surface area contributed by atoms with Crippen molar-refractivity contribution in [3.05, 3.63) is 46.2 Å². The lowest BCUT2D eigenvalue weighted by molar-refractivity contribution is 0.178. The second kappa shape index (κ2) is 5.21. The molecule has 5 heteroatoms. The van der Waals surface area contributed by atoms with Gasteiger partial charge in [-0.2, -0.15) is 0 Å². The second-order valence-electron chi connectivity index (χ2n) is 4.16. The number of H-pyrrole nitrogens is 1. The Labute approximate surface area is 119 Å². The molecule has 0 amide bonds. The Morgan fingerprint density at radius 2 is 2.26 bits per heavy atom. The van der Waals surface area contributed by atoms with E-state index in [2.05, 4.69) is 39.6 Å². The minimum absolute atomic E-state index is 0.428. The first kappa shape index (κ1) is 12.5. The lowest BCUT2D eigenvalue weighted by Gasteiger charge is -2.06. The van der Waals surface area contributed by atoms with Crippen molar-refractivity contribution in [2.24, 2.45) is 0 Å². The molecule has 0 spiro atoms. The number of nitrogens with one attached hydrogen (secondary N) is 1. The smallest absolute Gasteiger partial charge is 0.134 e. The molecule has 96 valence electrons. The standard InChI is InChI=1S/C14H12N2OS2/c1-17-8-12-15-11(7-13(18)16-12)10-4-2-3-9-5-6-19-14(9)10/h2-7H,8H2,1H3,(H,15,16,18). The third-order valence-electron chi connectivity index (χ3n) is 2.84. The highest BCUT2D eigenvalue weighted by Gasteiger charge is 2.07. The predicted molar refractivity (Wildman–Crippen MR) is 81.0 cm³/mol. The number of hydrogen-bond donors (Lipinski definition) is 1. The highest BCUT2D eigenvalue weighted by atomic mass is 32.1. The van der Waals surface area contributed by atoms with Crippen LogP contribution in [0.3, 0.4) is 0 Å². The van der Waals surface area contributed by atoms with E-state index in [-0.39, 0.29) is 0 Å². The number of hydrogen-bond acceptors (Lipinski definition) is 4. The van der Waals surface area contributed by atoms with E-state index in [1.807, 2.05) is 6.07 Å². The Bertz CT molecular complexity index is 776. The fraction of sp³-hybridized carbons (Fsp3) is 0.143. The van der Waals surface area contributed by atoms with Gasteiger partial charge in [-0.25, -0.2) is 4.98 Å². The molecular weight excluding hydrogens is 276 g/mol. The van der Waals surface area contributed by atoms with E-state index < -0.39 is 0 Å². The molecule has 1 aromatic carbocycles. The van der Waals surface area contributed by atoms with Crippen LogP contribution in [0.2, 0.25) is 0 Å². The summed E-state index contributed by atoms with van der Waals surface area (Å²) in [4.78, 5) is 7.54. The van der Waals surface area contributed by atoms with Crippen LogP contribution in [0, 0.1) is 4.64 Å². The third kappa shape index (κ3) is 2.45. The fourth-order valence-electron chi connectivity index (χ4n) is 2.06. The molecule has 3 nitrogen and oxygen atoms in total. The number of aromatic amines is 1. The van der Waals surface area contributed by atoms with Crippen molar-refractivity contribution < 1.29 is 4.74 Å². The normalized spacial score (nSPS) is 11.0. The maximum atomic E-state index is 5.22. The summed E-state index contributed by atoms with van der Waals surface area (Å²) in [6, 6.07) is 10.3. The molecule has 0 saturated heterocycles. The van der Waals surface area contributed by atoms with Gasteiger partial charge in [-0.3, -0.25) is 0 Å². The zero-order valence-electron chi connectivity index (χ0n) is 10.3. The Balaban J connectivity index is 2.21. The van der Waals surface area contributed by atoms with E-state index in [1.165, 1.54) is 10.1 Å². The van der Waals surface area contributed by atoms with Crippen molar-refractivity contribution in [1.29, 1.82) is 0 Å². The lowest BCUT2D eigenvalue weighted by Crippen LogP contribution is -1.98. The average Bonchev–Trinajstić information content (AvgIpc) is 2.86. The van der Waals surface area contributed by atoms with Crippen LogP contribution in [0.15, 0.2) is 35.7 Å². The first-order valence-electron chi connectivity index (χ1n) is 5.84. The summed E-state index contributed by atoms with van der Waals surface area (Å²) in [6.45, 7) is 0.428. The van der Waals surface area contributed by atoms with Gasteiger partial charge in [0.25, 0.3) is 0 Å². The number of ether oxygens (including phenoxy) is 1. The van der Waals surface area contributed by atoms with Crippen molar-refractivity contribution in [2.45, 2.75) is 6.61 Å². The van der Waals surface area contributed by atoms with Crippen LogP contribution >= 0.6 is 23.6 Å². The molecule has 0 atom stereocenters. The van der Waals surface area contributed by atoms with Gasteiger partial charge in [-0.05, 0) is 22.9 Å². The number of fused-ring (bicyclic) bond motifs is 1. The Morgan fingerprint density at radius 3 is 3.11 bits per heavy atom. The summed E-state index contributed by atoms with van der Waals surface area (Å²) in [6.07, 6.45) is 0. The highest BCUT2D eigenvalue weighted by Crippen LogP contribution is 2.31. The maximum Gasteiger partial charge on any atom is 0.134 e. The molecule has 19 heavy (non-hydrogen) atoms. The first-order chi connectivity index (χ1) is 9.28. The van der Waals surface area contributed by atoms with Crippen molar-refractivity contribution in [1.82, 2.24) is 9.97 Å². The number of methoxy groups -OCH3 is 1. The van der Waals surface area contributed by atoms with E-state index in [0.29, 0.717) is 11.2 Å². The second-order valence-corrected chi connectivity index (χ2v) is 5.49. The summed E-state index contributed by atoms with van der Waals surface area (Å²) in [5.74, 6) is 0.749. The Kier molecular flexibility index (Phi) is 3.42. The van der Waals surface area contributed by atoms with E-state index in [0.717, 1.165) is 17.1 Å². The molecule has 0 radical (unpaired) electrons. The van der Waals surface area contributed by atoms with Crippen molar-refractivity contribution in [3.63, 3.8) is 0 Å². The molecule has 0 fully saturated rings. The molecule has 0 aliphatic carbocycles. The molecular formula is C14H12N2OS2.